The predicted molar refractivity (Wildman–Crippen MR) is 124 cm³/mol. The predicted octanol–water partition coefficient (Wildman–Crippen LogP) is 3.18. The third-order valence-electron chi connectivity index (χ3n) is 5.08. The van der Waals surface area contributed by atoms with Gasteiger partial charge in [-0.05, 0) is 78.0 Å². The summed E-state index contributed by atoms with van der Waals surface area (Å²) in [5.41, 5.74) is 0. The molecule has 1 aliphatic rings. The summed E-state index contributed by atoms with van der Waals surface area (Å²) in [4.78, 5) is 9.49. The standard InChI is InChI=1S/C20H37N5O.HI/c1-5-21-20(22-11-7-12-25-13-9-17(2)10-14-25)23-16-18(24(3)4)19-8-6-15-26-19;/h6,8,15,17-18H,5,7,9-14,16H2,1-4H3,(H2,21,22,23);1H. The Morgan fingerprint density at radius 3 is 2.67 bits per heavy atom. The van der Waals surface area contributed by atoms with Crippen molar-refractivity contribution in [3.63, 3.8) is 0 Å². The SMILES string of the molecule is CCNC(=NCC(c1ccco1)N(C)C)NCCCN1CCC(C)CC1.I. The van der Waals surface area contributed by atoms with Gasteiger partial charge in [-0.2, -0.15) is 0 Å². The minimum atomic E-state index is 0. The fourth-order valence-corrected chi connectivity index (χ4v) is 3.30. The Balaban J connectivity index is 0.00000364. The molecular weight excluding hydrogens is 453 g/mol. The molecule has 2 heterocycles. The molecule has 0 spiro atoms. The zero-order chi connectivity index (χ0) is 18.8. The molecule has 27 heavy (non-hydrogen) atoms. The highest BCUT2D eigenvalue weighted by atomic mass is 127. The molecule has 2 rings (SSSR count). The summed E-state index contributed by atoms with van der Waals surface area (Å²) < 4.78 is 5.57. The van der Waals surface area contributed by atoms with Crippen LogP contribution in [0, 0.1) is 5.92 Å². The maximum absolute atomic E-state index is 5.57. The molecule has 0 aliphatic carbocycles. The van der Waals surface area contributed by atoms with Gasteiger partial charge >= 0.3 is 0 Å². The molecule has 7 heteroatoms. The first-order chi connectivity index (χ1) is 12.6. The van der Waals surface area contributed by atoms with Crippen molar-refractivity contribution in [1.82, 2.24) is 20.4 Å². The van der Waals surface area contributed by atoms with Crippen LogP contribution in [-0.4, -0.2) is 69.1 Å². The summed E-state index contributed by atoms with van der Waals surface area (Å²) in [5.74, 6) is 2.74. The second-order valence-electron chi connectivity index (χ2n) is 7.52. The number of hydrogen-bond acceptors (Lipinski definition) is 4. The van der Waals surface area contributed by atoms with Gasteiger partial charge in [0, 0.05) is 13.1 Å². The van der Waals surface area contributed by atoms with Crippen molar-refractivity contribution in [3.05, 3.63) is 24.2 Å². The van der Waals surface area contributed by atoms with E-state index in [9.17, 15) is 0 Å². The van der Waals surface area contributed by atoms with Crippen LogP contribution < -0.4 is 10.6 Å². The summed E-state index contributed by atoms with van der Waals surface area (Å²) in [6.07, 6.45) is 5.56. The smallest absolute Gasteiger partial charge is 0.191 e. The number of aliphatic imine (C=N–C) groups is 1. The lowest BCUT2D eigenvalue weighted by Crippen LogP contribution is -2.40. The number of guanidine groups is 1. The number of likely N-dealkylation sites (tertiary alicyclic amines) is 1. The first kappa shape index (κ1) is 24.2. The fourth-order valence-electron chi connectivity index (χ4n) is 3.30. The highest BCUT2D eigenvalue weighted by molar-refractivity contribution is 14.0. The van der Waals surface area contributed by atoms with Crippen molar-refractivity contribution >= 4 is 29.9 Å². The summed E-state index contributed by atoms with van der Waals surface area (Å²) in [7, 11) is 4.12. The summed E-state index contributed by atoms with van der Waals surface area (Å²) in [6, 6.07) is 4.09. The monoisotopic (exact) mass is 491 g/mol. The highest BCUT2D eigenvalue weighted by Gasteiger charge is 2.17. The van der Waals surface area contributed by atoms with Crippen LogP contribution in [0.4, 0.5) is 0 Å². The van der Waals surface area contributed by atoms with E-state index in [4.69, 9.17) is 9.41 Å². The van der Waals surface area contributed by atoms with Crippen LogP contribution >= 0.6 is 24.0 Å². The molecule has 1 aliphatic heterocycles. The van der Waals surface area contributed by atoms with E-state index in [1.807, 2.05) is 12.1 Å². The molecule has 1 fully saturated rings. The van der Waals surface area contributed by atoms with Gasteiger partial charge in [-0.25, -0.2) is 0 Å². The minimum absolute atomic E-state index is 0. The Bertz CT molecular complexity index is 512. The Morgan fingerprint density at radius 2 is 2.07 bits per heavy atom. The third-order valence-corrected chi connectivity index (χ3v) is 5.08. The van der Waals surface area contributed by atoms with Gasteiger partial charge in [0.05, 0.1) is 18.8 Å². The van der Waals surface area contributed by atoms with Crippen molar-refractivity contribution < 1.29 is 4.42 Å². The Hall–Kier alpha value is -0.800. The summed E-state index contributed by atoms with van der Waals surface area (Å²) in [6.45, 7) is 10.6. The third kappa shape index (κ3) is 8.83. The van der Waals surface area contributed by atoms with Crippen molar-refractivity contribution in [2.75, 3.05) is 53.4 Å². The van der Waals surface area contributed by atoms with Crippen LogP contribution in [0.25, 0.3) is 0 Å². The second-order valence-corrected chi connectivity index (χ2v) is 7.52. The Labute approximate surface area is 182 Å². The molecule has 2 N–H and O–H groups in total. The number of piperidine rings is 1. The zero-order valence-electron chi connectivity index (χ0n) is 17.4. The summed E-state index contributed by atoms with van der Waals surface area (Å²) >= 11 is 0. The molecule has 0 bridgehead atoms. The molecule has 1 atom stereocenters. The number of nitrogens with zero attached hydrogens (tertiary/aromatic N) is 3. The van der Waals surface area contributed by atoms with Crippen LogP contribution in [0.5, 0.6) is 0 Å². The fraction of sp³-hybridized carbons (Fsp3) is 0.750. The lowest BCUT2D eigenvalue weighted by molar-refractivity contribution is 0.191. The number of likely N-dealkylation sites (N-methyl/N-ethyl adjacent to an activating group) is 1. The second kappa shape index (κ2) is 13.4. The van der Waals surface area contributed by atoms with E-state index in [2.05, 4.69) is 48.4 Å². The lowest BCUT2D eigenvalue weighted by Gasteiger charge is -2.30. The molecule has 1 saturated heterocycles. The molecule has 1 aromatic rings. The van der Waals surface area contributed by atoms with E-state index in [-0.39, 0.29) is 30.0 Å². The average molecular weight is 491 g/mol. The van der Waals surface area contributed by atoms with Crippen LogP contribution in [-0.2, 0) is 0 Å². The quantitative estimate of drug-likeness (QED) is 0.241. The van der Waals surface area contributed by atoms with Gasteiger partial charge in [-0.1, -0.05) is 6.92 Å². The van der Waals surface area contributed by atoms with Crippen molar-refractivity contribution in [2.24, 2.45) is 10.9 Å². The molecule has 6 nitrogen and oxygen atoms in total. The van der Waals surface area contributed by atoms with Crippen molar-refractivity contribution in [1.29, 1.82) is 0 Å². The van der Waals surface area contributed by atoms with Crippen LogP contribution in [0.1, 0.15) is 44.9 Å². The van der Waals surface area contributed by atoms with E-state index in [0.29, 0.717) is 6.54 Å². The van der Waals surface area contributed by atoms with Crippen molar-refractivity contribution in [2.45, 2.75) is 39.2 Å². The molecule has 0 amide bonds. The van der Waals surface area contributed by atoms with Crippen molar-refractivity contribution in [3.8, 4) is 0 Å². The van der Waals surface area contributed by atoms with Gasteiger partial charge < -0.3 is 20.0 Å². The van der Waals surface area contributed by atoms with Gasteiger partial charge in [0.1, 0.15) is 5.76 Å². The minimum Gasteiger partial charge on any atom is -0.468 e. The number of hydrogen-bond donors (Lipinski definition) is 2. The Morgan fingerprint density at radius 1 is 1.33 bits per heavy atom. The molecular formula is C20H38IN5O. The number of halogens is 1. The zero-order valence-corrected chi connectivity index (χ0v) is 19.7. The van der Waals surface area contributed by atoms with Crippen LogP contribution in [0.3, 0.4) is 0 Å². The molecule has 1 unspecified atom stereocenters. The topological polar surface area (TPSA) is 56.0 Å². The van der Waals surface area contributed by atoms with E-state index < -0.39 is 0 Å². The molecule has 0 aromatic carbocycles. The number of rotatable bonds is 9. The maximum Gasteiger partial charge on any atom is 0.191 e. The number of nitrogens with one attached hydrogen (secondary N) is 2. The molecule has 0 saturated carbocycles. The van der Waals surface area contributed by atoms with Crippen LogP contribution in [0.15, 0.2) is 27.8 Å². The lowest BCUT2D eigenvalue weighted by atomic mass is 9.99. The largest absolute Gasteiger partial charge is 0.468 e. The van der Waals surface area contributed by atoms with E-state index >= 15 is 0 Å². The first-order valence-corrected chi connectivity index (χ1v) is 10.0. The van der Waals surface area contributed by atoms with Gasteiger partial charge in [-0.15, -0.1) is 24.0 Å². The maximum atomic E-state index is 5.57. The van der Waals surface area contributed by atoms with E-state index in [1.54, 1.807) is 6.26 Å². The van der Waals surface area contributed by atoms with Crippen LogP contribution in [0.2, 0.25) is 0 Å². The summed E-state index contributed by atoms with van der Waals surface area (Å²) in [5, 5.41) is 6.81. The van der Waals surface area contributed by atoms with Gasteiger partial charge in [0.25, 0.3) is 0 Å². The highest BCUT2D eigenvalue weighted by Crippen LogP contribution is 2.18. The first-order valence-electron chi connectivity index (χ1n) is 10.0. The van der Waals surface area contributed by atoms with Gasteiger partial charge in [-0.3, -0.25) is 9.89 Å². The van der Waals surface area contributed by atoms with Gasteiger partial charge in [0.15, 0.2) is 5.96 Å². The molecule has 1 aromatic heterocycles. The average Bonchev–Trinajstić information content (AvgIpc) is 3.14. The normalized spacial score (nSPS) is 17.6. The molecule has 156 valence electrons. The van der Waals surface area contributed by atoms with E-state index in [1.165, 1.54) is 32.5 Å². The Kier molecular flexibility index (Phi) is 12.0. The number of furan rings is 1. The van der Waals surface area contributed by atoms with Gasteiger partial charge in [0.2, 0.25) is 0 Å². The van der Waals surface area contributed by atoms with E-state index in [0.717, 1.165) is 37.1 Å². The molecule has 0 radical (unpaired) electrons.